The van der Waals surface area contributed by atoms with Gasteiger partial charge < -0.3 is 10.4 Å². The highest BCUT2D eigenvalue weighted by Gasteiger charge is 2.63. The molecule has 3 N–H and O–H groups in total. The van der Waals surface area contributed by atoms with Crippen LogP contribution < -0.4 is 10.6 Å². The van der Waals surface area contributed by atoms with Crippen LogP contribution in [-0.2, 0) is 9.59 Å². The molecule has 0 radical (unpaired) electrons. The number of urea groups is 1. The molecule has 1 saturated carbocycles. The van der Waals surface area contributed by atoms with Gasteiger partial charge in [-0.25, -0.2) is 4.79 Å². The molecule has 3 atom stereocenters. The lowest BCUT2D eigenvalue weighted by atomic mass is 9.76. The molecular formula is C21H20N2O4. The van der Waals surface area contributed by atoms with Crippen LogP contribution in [-0.4, -0.2) is 28.6 Å². The van der Waals surface area contributed by atoms with E-state index in [0.29, 0.717) is 12.8 Å². The van der Waals surface area contributed by atoms with E-state index in [-0.39, 0.29) is 5.92 Å². The average molecular weight is 364 g/mol. The number of aliphatic carboxylic acids is 1. The number of amides is 3. The fourth-order valence-corrected chi connectivity index (χ4v) is 4.19. The molecule has 0 unspecified atom stereocenters. The SMILES string of the molecule is O=C1NC(=O)[C@](CC(c2ccccc2)c2ccccc2)([C@H]2C[C@@H]2C(=O)O)N1. The summed E-state index contributed by atoms with van der Waals surface area (Å²) in [6.45, 7) is 0. The summed E-state index contributed by atoms with van der Waals surface area (Å²) >= 11 is 0. The van der Waals surface area contributed by atoms with Gasteiger partial charge >= 0.3 is 12.0 Å². The normalized spacial score (nSPS) is 26.6. The molecule has 1 aliphatic heterocycles. The van der Waals surface area contributed by atoms with Crippen molar-refractivity contribution in [3.05, 3.63) is 71.8 Å². The lowest BCUT2D eigenvalue weighted by molar-refractivity contribution is -0.139. The Hall–Kier alpha value is -3.15. The first-order chi connectivity index (χ1) is 13.0. The van der Waals surface area contributed by atoms with Crippen LogP contribution in [0.25, 0.3) is 0 Å². The lowest BCUT2D eigenvalue weighted by Gasteiger charge is -2.31. The number of carboxylic acid groups (broad SMARTS) is 1. The van der Waals surface area contributed by atoms with Crippen molar-refractivity contribution in [2.24, 2.45) is 11.8 Å². The minimum absolute atomic E-state index is 0.147. The Morgan fingerprint density at radius 2 is 1.59 bits per heavy atom. The Balaban J connectivity index is 1.74. The summed E-state index contributed by atoms with van der Waals surface area (Å²) in [5.41, 5.74) is 0.824. The minimum Gasteiger partial charge on any atom is -0.481 e. The van der Waals surface area contributed by atoms with Crippen molar-refractivity contribution in [1.29, 1.82) is 0 Å². The van der Waals surface area contributed by atoms with Crippen molar-refractivity contribution < 1.29 is 19.5 Å². The molecule has 2 aromatic carbocycles. The van der Waals surface area contributed by atoms with Gasteiger partial charge in [-0.15, -0.1) is 0 Å². The molecule has 1 heterocycles. The standard InChI is InChI=1S/C21H20N2O4/c24-18(25)15-11-17(15)21(19(26)22-20(27)23-21)12-16(13-7-3-1-4-8-13)14-9-5-2-6-10-14/h1-10,15-17H,11-12H2,(H,24,25)(H2,22,23,26,27)/t15-,17-,21-/m0/s1. The van der Waals surface area contributed by atoms with Crippen molar-refractivity contribution in [1.82, 2.24) is 10.6 Å². The lowest BCUT2D eigenvalue weighted by Crippen LogP contribution is -2.51. The smallest absolute Gasteiger partial charge is 0.322 e. The van der Waals surface area contributed by atoms with Crippen molar-refractivity contribution in [3.63, 3.8) is 0 Å². The number of rotatable bonds is 6. The molecule has 2 aromatic rings. The summed E-state index contributed by atoms with van der Waals surface area (Å²) in [5.74, 6) is -2.52. The Morgan fingerprint density at radius 3 is 2.00 bits per heavy atom. The maximum atomic E-state index is 12.8. The van der Waals surface area contributed by atoms with E-state index in [1.165, 1.54) is 0 Å². The summed E-state index contributed by atoms with van der Waals surface area (Å²) in [6.07, 6.45) is 0.701. The number of benzene rings is 2. The zero-order valence-electron chi connectivity index (χ0n) is 14.6. The third-order valence-corrected chi connectivity index (χ3v) is 5.64. The largest absolute Gasteiger partial charge is 0.481 e. The van der Waals surface area contributed by atoms with Crippen molar-refractivity contribution >= 4 is 17.9 Å². The topological polar surface area (TPSA) is 95.5 Å². The monoisotopic (exact) mass is 364 g/mol. The summed E-state index contributed by atoms with van der Waals surface area (Å²) < 4.78 is 0. The van der Waals surface area contributed by atoms with E-state index < -0.39 is 35.3 Å². The first-order valence-electron chi connectivity index (χ1n) is 8.97. The highest BCUT2D eigenvalue weighted by Crippen LogP contribution is 2.51. The van der Waals surface area contributed by atoms with E-state index in [4.69, 9.17) is 0 Å². The van der Waals surface area contributed by atoms with Gasteiger partial charge in [0, 0.05) is 11.8 Å². The number of carbonyl (C=O) groups excluding carboxylic acids is 2. The molecule has 4 rings (SSSR count). The van der Waals surface area contributed by atoms with Gasteiger partial charge in [-0.2, -0.15) is 0 Å². The molecule has 138 valence electrons. The molecule has 3 amide bonds. The second-order valence-corrected chi connectivity index (χ2v) is 7.24. The van der Waals surface area contributed by atoms with Gasteiger partial charge in [0.1, 0.15) is 5.54 Å². The molecule has 6 nitrogen and oxygen atoms in total. The van der Waals surface area contributed by atoms with Gasteiger partial charge in [0.05, 0.1) is 5.92 Å². The fourth-order valence-electron chi connectivity index (χ4n) is 4.19. The fraction of sp³-hybridized carbons (Fsp3) is 0.286. The molecule has 2 aliphatic rings. The predicted molar refractivity (Wildman–Crippen MR) is 98.0 cm³/mol. The van der Waals surface area contributed by atoms with Gasteiger partial charge in [-0.05, 0) is 24.0 Å². The van der Waals surface area contributed by atoms with Gasteiger partial charge in [-0.1, -0.05) is 60.7 Å². The summed E-state index contributed by atoms with van der Waals surface area (Å²) in [6, 6.07) is 19.0. The van der Waals surface area contributed by atoms with Gasteiger partial charge in [0.25, 0.3) is 5.91 Å². The van der Waals surface area contributed by atoms with Crippen molar-refractivity contribution in [2.75, 3.05) is 0 Å². The number of carboxylic acids is 1. The zero-order chi connectivity index (χ0) is 19.0. The van der Waals surface area contributed by atoms with Gasteiger partial charge in [0.2, 0.25) is 0 Å². The summed E-state index contributed by atoms with van der Waals surface area (Å²) in [7, 11) is 0. The maximum Gasteiger partial charge on any atom is 0.322 e. The number of hydrogen-bond donors (Lipinski definition) is 3. The number of imide groups is 1. The Morgan fingerprint density at radius 1 is 1.04 bits per heavy atom. The van der Waals surface area contributed by atoms with E-state index in [2.05, 4.69) is 10.6 Å². The van der Waals surface area contributed by atoms with Crippen LogP contribution in [0.2, 0.25) is 0 Å². The number of hydrogen-bond acceptors (Lipinski definition) is 3. The van der Waals surface area contributed by atoms with E-state index in [1.807, 2.05) is 60.7 Å². The number of nitrogens with one attached hydrogen (secondary N) is 2. The predicted octanol–water partition coefficient (Wildman–Crippen LogP) is 2.51. The first kappa shape index (κ1) is 17.3. The van der Waals surface area contributed by atoms with E-state index in [1.54, 1.807) is 0 Å². The third-order valence-electron chi connectivity index (χ3n) is 5.64. The van der Waals surface area contributed by atoms with Crippen LogP contribution in [0.5, 0.6) is 0 Å². The maximum absolute atomic E-state index is 12.8. The van der Waals surface area contributed by atoms with Crippen LogP contribution in [0.3, 0.4) is 0 Å². The molecular weight excluding hydrogens is 344 g/mol. The Bertz CT molecular complexity index is 844. The molecule has 2 fully saturated rings. The highest BCUT2D eigenvalue weighted by atomic mass is 16.4. The minimum atomic E-state index is -1.21. The summed E-state index contributed by atoms with van der Waals surface area (Å²) in [4.78, 5) is 36.1. The van der Waals surface area contributed by atoms with E-state index in [0.717, 1.165) is 11.1 Å². The van der Waals surface area contributed by atoms with Crippen molar-refractivity contribution in [2.45, 2.75) is 24.3 Å². The molecule has 0 aromatic heterocycles. The Labute approximate surface area is 156 Å². The number of carbonyl (C=O) groups is 3. The zero-order valence-corrected chi connectivity index (χ0v) is 14.6. The van der Waals surface area contributed by atoms with Crippen LogP contribution >= 0.6 is 0 Å². The molecule has 6 heteroatoms. The van der Waals surface area contributed by atoms with Crippen molar-refractivity contribution in [3.8, 4) is 0 Å². The van der Waals surface area contributed by atoms with Gasteiger partial charge in [0.15, 0.2) is 0 Å². The second kappa shape index (κ2) is 6.54. The van der Waals surface area contributed by atoms with Crippen LogP contribution in [0.4, 0.5) is 4.79 Å². The molecule has 1 saturated heterocycles. The second-order valence-electron chi connectivity index (χ2n) is 7.24. The molecule has 27 heavy (non-hydrogen) atoms. The Kier molecular flexibility index (Phi) is 4.18. The average Bonchev–Trinajstić information content (AvgIpc) is 3.43. The molecule has 0 spiro atoms. The van der Waals surface area contributed by atoms with E-state index in [9.17, 15) is 19.5 Å². The molecule has 1 aliphatic carbocycles. The third kappa shape index (κ3) is 3.07. The summed E-state index contributed by atoms with van der Waals surface area (Å²) in [5, 5.41) is 14.5. The van der Waals surface area contributed by atoms with E-state index >= 15 is 0 Å². The van der Waals surface area contributed by atoms with Crippen LogP contribution in [0.15, 0.2) is 60.7 Å². The van der Waals surface area contributed by atoms with Gasteiger partial charge in [-0.3, -0.25) is 14.9 Å². The van der Waals surface area contributed by atoms with Crippen LogP contribution in [0.1, 0.15) is 29.9 Å². The molecule has 0 bridgehead atoms. The first-order valence-corrected chi connectivity index (χ1v) is 8.97. The highest BCUT2D eigenvalue weighted by molar-refractivity contribution is 6.08. The van der Waals surface area contributed by atoms with Crippen LogP contribution in [0, 0.1) is 11.8 Å². The quantitative estimate of drug-likeness (QED) is 0.686.